The van der Waals surface area contributed by atoms with Crippen molar-refractivity contribution in [2.24, 2.45) is 0 Å². The lowest BCUT2D eigenvalue weighted by Crippen LogP contribution is -2.55. The van der Waals surface area contributed by atoms with E-state index in [9.17, 15) is 5.11 Å². The molecule has 0 aromatic heterocycles. The average molecular weight is 217 g/mol. The highest BCUT2D eigenvalue weighted by molar-refractivity contribution is 5.22. The van der Waals surface area contributed by atoms with Gasteiger partial charge in [-0.1, -0.05) is 30.3 Å². The molecule has 0 amide bonds. The molecule has 86 valence electrons. The van der Waals surface area contributed by atoms with E-state index < -0.39 is 0 Å². The Kier molecular flexibility index (Phi) is 2.49. The van der Waals surface area contributed by atoms with Gasteiger partial charge in [0.2, 0.25) is 0 Å². The lowest BCUT2D eigenvalue weighted by molar-refractivity contribution is -0.0732. The molecule has 1 saturated carbocycles. The van der Waals surface area contributed by atoms with Crippen LogP contribution in [-0.2, 0) is 0 Å². The standard InChI is InChI=1S/C14H19NO/c16-14(7-4-8-14)11-15-9-13(10-15)12-5-2-1-3-6-12/h1-3,5-6,13,16H,4,7-11H2. The van der Waals surface area contributed by atoms with Crippen molar-refractivity contribution in [3.05, 3.63) is 35.9 Å². The van der Waals surface area contributed by atoms with Crippen LogP contribution in [0.1, 0.15) is 30.7 Å². The number of benzene rings is 1. The van der Waals surface area contributed by atoms with Crippen LogP contribution < -0.4 is 0 Å². The fraction of sp³-hybridized carbons (Fsp3) is 0.571. The summed E-state index contributed by atoms with van der Waals surface area (Å²) in [6.07, 6.45) is 3.20. The van der Waals surface area contributed by atoms with Crippen molar-refractivity contribution < 1.29 is 5.11 Å². The number of likely N-dealkylation sites (tertiary alicyclic amines) is 1. The van der Waals surface area contributed by atoms with Crippen molar-refractivity contribution in [3.63, 3.8) is 0 Å². The zero-order valence-electron chi connectivity index (χ0n) is 9.60. The van der Waals surface area contributed by atoms with E-state index in [2.05, 4.69) is 35.2 Å². The zero-order valence-corrected chi connectivity index (χ0v) is 9.60. The Bertz CT molecular complexity index is 352. The van der Waals surface area contributed by atoms with Crippen molar-refractivity contribution in [2.75, 3.05) is 19.6 Å². The summed E-state index contributed by atoms with van der Waals surface area (Å²) < 4.78 is 0. The molecule has 2 aliphatic rings. The lowest BCUT2D eigenvalue weighted by Gasteiger charge is -2.47. The molecule has 1 aliphatic carbocycles. The highest BCUT2D eigenvalue weighted by Gasteiger charge is 2.39. The van der Waals surface area contributed by atoms with E-state index in [0.29, 0.717) is 5.92 Å². The smallest absolute Gasteiger partial charge is 0.0774 e. The summed E-state index contributed by atoms with van der Waals surface area (Å²) in [5.41, 5.74) is 1.10. The summed E-state index contributed by atoms with van der Waals surface area (Å²) in [5.74, 6) is 0.685. The summed E-state index contributed by atoms with van der Waals surface area (Å²) in [5, 5.41) is 10.1. The summed E-state index contributed by atoms with van der Waals surface area (Å²) in [6, 6.07) is 10.7. The molecule has 1 N–H and O–H groups in total. The Morgan fingerprint density at radius 3 is 2.44 bits per heavy atom. The first-order chi connectivity index (χ1) is 7.75. The Balaban J connectivity index is 1.51. The fourth-order valence-corrected chi connectivity index (χ4v) is 2.79. The molecule has 0 bridgehead atoms. The second-order valence-corrected chi connectivity index (χ2v) is 5.38. The molecule has 1 aromatic rings. The molecule has 0 unspecified atom stereocenters. The minimum Gasteiger partial charge on any atom is -0.389 e. The van der Waals surface area contributed by atoms with E-state index in [4.69, 9.17) is 0 Å². The molecular weight excluding hydrogens is 198 g/mol. The van der Waals surface area contributed by atoms with Gasteiger partial charge in [-0.2, -0.15) is 0 Å². The van der Waals surface area contributed by atoms with Crippen LogP contribution in [0.25, 0.3) is 0 Å². The van der Waals surface area contributed by atoms with E-state index in [1.807, 2.05) is 0 Å². The van der Waals surface area contributed by atoms with Gasteiger partial charge in [0.05, 0.1) is 5.60 Å². The molecular formula is C14H19NO. The first kappa shape index (κ1) is 10.3. The summed E-state index contributed by atoms with van der Waals surface area (Å²) in [7, 11) is 0. The second kappa shape index (κ2) is 3.86. The molecule has 3 rings (SSSR count). The zero-order chi connectivity index (χ0) is 11.0. The van der Waals surface area contributed by atoms with Crippen LogP contribution in [0.2, 0.25) is 0 Å². The third-order valence-electron chi connectivity index (χ3n) is 4.03. The van der Waals surface area contributed by atoms with Crippen LogP contribution in [0, 0.1) is 0 Å². The fourth-order valence-electron chi connectivity index (χ4n) is 2.79. The SMILES string of the molecule is OC1(CN2CC(c3ccccc3)C2)CCC1. The van der Waals surface area contributed by atoms with Crippen LogP contribution >= 0.6 is 0 Å². The molecule has 16 heavy (non-hydrogen) atoms. The first-order valence-corrected chi connectivity index (χ1v) is 6.25. The van der Waals surface area contributed by atoms with E-state index in [0.717, 1.165) is 32.5 Å². The van der Waals surface area contributed by atoms with Gasteiger partial charge in [-0.25, -0.2) is 0 Å². The molecule has 1 heterocycles. The summed E-state index contributed by atoms with van der Waals surface area (Å²) in [6.45, 7) is 3.12. The van der Waals surface area contributed by atoms with Gasteiger partial charge in [-0.15, -0.1) is 0 Å². The maximum Gasteiger partial charge on any atom is 0.0774 e. The number of hydrogen-bond donors (Lipinski definition) is 1. The molecule has 0 atom stereocenters. The molecule has 0 radical (unpaired) electrons. The van der Waals surface area contributed by atoms with Crippen molar-refractivity contribution in [1.82, 2.24) is 4.90 Å². The van der Waals surface area contributed by atoms with E-state index >= 15 is 0 Å². The van der Waals surface area contributed by atoms with Crippen molar-refractivity contribution in [2.45, 2.75) is 30.8 Å². The Morgan fingerprint density at radius 1 is 1.19 bits per heavy atom. The van der Waals surface area contributed by atoms with Gasteiger partial charge in [0, 0.05) is 25.6 Å². The molecule has 1 saturated heterocycles. The van der Waals surface area contributed by atoms with Crippen molar-refractivity contribution in [1.29, 1.82) is 0 Å². The highest BCUT2D eigenvalue weighted by Crippen LogP contribution is 2.35. The molecule has 0 spiro atoms. The largest absolute Gasteiger partial charge is 0.389 e. The monoisotopic (exact) mass is 217 g/mol. The quantitative estimate of drug-likeness (QED) is 0.837. The first-order valence-electron chi connectivity index (χ1n) is 6.25. The van der Waals surface area contributed by atoms with Gasteiger partial charge in [-0.3, -0.25) is 4.90 Å². The minimum absolute atomic E-state index is 0.346. The Hall–Kier alpha value is -0.860. The van der Waals surface area contributed by atoms with Gasteiger partial charge in [0.1, 0.15) is 0 Å². The second-order valence-electron chi connectivity index (χ2n) is 5.38. The molecule has 2 nitrogen and oxygen atoms in total. The Labute approximate surface area is 96.9 Å². The summed E-state index contributed by atoms with van der Waals surface area (Å²) >= 11 is 0. The van der Waals surface area contributed by atoms with Crippen LogP contribution in [0.15, 0.2) is 30.3 Å². The van der Waals surface area contributed by atoms with E-state index in [-0.39, 0.29) is 5.60 Å². The van der Waals surface area contributed by atoms with Crippen LogP contribution in [0.5, 0.6) is 0 Å². The topological polar surface area (TPSA) is 23.5 Å². The summed E-state index contributed by atoms with van der Waals surface area (Å²) in [4.78, 5) is 2.39. The molecule has 1 aromatic carbocycles. The van der Waals surface area contributed by atoms with E-state index in [1.54, 1.807) is 0 Å². The number of rotatable bonds is 3. The maximum atomic E-state index is 10.1. The average Bonchev–Trinajstić information content (AvgIpc) is 2.21. The van der Waals surface area contributed by atoms with Gasteiger partial charge in [0.25, 0.3) is 0 Å². The maximum absolute atomic E-state index is 10.1. The third kappa shape index (κ3) is 1.87. The lowest BCUT2D eigenvalue weighted by atomic mass is 9.78. The molecule has 2 fully saturated rings. The predicted molar refractivity (Wildman–Crippen MR) is 64.4 cm³/mol. The van der Waals surface area contributed by atoms with Crippen molar-refractivity contribution >= 4 is 0 Å². The Morgan fingerprint density at radius 2 is 1.88 bits per heavy atom. The number of hydrogen-bond acceptors (Lipinski definition) is 2. The van der Waals surface area contributed by atoms with Crippen LogP contribution in [0.3, 0.4) is 0 Å². The molecule has 1 aliphatic heterocycles. The number of aliphatic hydroxyl groups is 1. The highest BCUT2D eigenvalue weighted by atomic mass is 16.3. The van der Waals surface area contributed by atoms with Gasteiger partial charge < -0.3 is 5.11 Å². The van der Waals surface area contributed by atoms with Crippen molar-refractivity contribution in [3.8, 4) is 0 Å². The van der Waals surface area contributed by atoms with Gasteiger partial charge >= 0.3 is 0 Å². The number of nitrogens with zero attached hydrogens (tertiary/aromatic N) is 1. The predicted octanol–water partition coefficient (Wildman–Crippen LogP) is 2.00. The van der Waals surface area contributed by atoms with Gasteiger partial charge in [-0.05, 0) is 24.8 Å². The normalized spacial score (nSPS) is 24.8. The van der Waals surface area contributed by atoms with Crippen LogP contribution in [-0.4, -0.2) is 35.2 Å². The van der Waals surface area contributed by atoms with E-state index in [1.165, 1.54) is 12.0 Å². The third-order valence-corrected chi connectivity index (χ3v) is 4.03. The minimum atomic E-state index is -0.346. The van der Waals surface area contributed by atoms with Gasteiger partial charge in [0.15, 0.2) is 0 Å². The molecule has 2 heteroatoms. The number of β-amino-alcohol motifs (C(OH)–C–C–N with tert-alkyl or cyclic N) is 1. The van der Waals surface area contributed by atoms with Crippen LogP contribution in [0.4, 0.5) is 0 Å².